The highest BCUT2D eigenvalue weighted by atomic mass is 31.2. The summed E-state index contributed by atoms with van der Waals surface area (Å²) in [5.41, 5.74) is 0. The maximum atomic E-state index is 12.9. The Hall–Kier alpha value is -3.07. The number of carbonyl (C=O) groups excluding carboxylic acids is 2. The lowest BCUT2D eigenvalue weighted by molar-refractivity contribution is -0.870. The fourth-order valence-corrected chi connectivity index (χ4v) is 12.0. The second-order valence-electron chi connectivity index (χ2n) is 27.4. The molecule has 0 spiro atoms. The zero-order chi connectivity index (χ0) is 66.9. The van der Waals surface area contributed by atoms with Gasteiger partial charge < -0.3 is 18.9 Å². The third-order valence-corrected chi connectivity index (χ3v) is 18.1. The maximum Gasteiger partial charge on any atom is 0.472 e. The summed E-state index contributed by atoms with van der Waals surface area (Å²) in [6.07, 6.45) is 101. The van der Waals surface area contributed by atoms with Gasteiger partial charge in [0.1, 0.15) is 19.8 Å². The molecule has 0 saturated carbocycles. The van der Waals surface area contributed by atoms with E-state index in [1.54, 1.807) is 0 Å². The van der Waals surface area contributed by atoms with Crippen LogP contribution in [0, 0.1) is 0 Å². The van der Waals surface area contributed by atoms with Gasteiger partial charge in [-0.2, -0.15) is 0 Å². The van der Waals surface area contributed by atoms with Gasteiger partial charge in [-0.3, -0.25) is 18.6 Å². The second-order valence-corrected chi connectivity index (χ2v) is 28.8. The van der Waals surface area contributed by atoms with Gasteiger partial charge in [0.05, 0.1) is 27.7 Å². The Morgan fingerprint density at radius 1 is 0.348 bits per heavy atom. The van der Waals surface area contributed by atoms with Crippen LogP contribution in [0.2, 0.25) is 0 Å². The van der Waals surface area contributed by atoms with Crippen LogP contribution in [-0.2, 0) is 32.7 Å². The first-order valence-corrected chi connectivity index (χ1v) is 40.5. The summed E-state index contributed by atoms with van der Waals surface area (Å²) in [5.74, 6) is -0.796. The third kappa shape index (κ3) is 76.0. The molecule has 0 saturated heterocycles. The summed E-state index contributed by atoms with van der Waals surface area (Å²) in [6.45, 7) is 4.36. The topological polar surface area (TPSA) is 108 Å². The Balaban J connectivity index is 4.00. The van der Waals surface area contributed by atoms with Gasteiger partial charge in [0, 0.05) is 12.8 Å². The number of nitrogens with zero attached hydrogens (tertiary/aromatic N) is 1. The van der Waals surface area contributed by atoms with Crippen molar-refractivity contribution in [3.8, 4) is 0 Å². The van der Waals surface area contributed by atoms with Gasteiger partial charge in [-0.1, -0.05) is 368 Å². The number of carbonyl (C=O) groups is 2. The standard InChI is InChI=1S/C82H148NO8P/c1-6-8-10-12-14-16-18-20-22-24-26-28-30-32-34-36-38-40-41-43-44-46-48-50-52-54-56-58-60-62-64-66-68-70-72-74-81(84)88-78-80(79-90-92(86,87)89-77-76-83(3,4)5)91-82(85)75-73-71-69-67-65-63-61-59-57-55-53-51-49-47-45-42-39-37-35-33-31-29-27-25-23-21-19-17-15-13-11-9-7-2/h9,11,15,17,21,23,27,29,33,35,39,42,47,49,53,55,80H,6-8,10,12-14,16,18-20,22,24-26,28,30-32,34,36-38,40-41,43-46,48,50-52,54,56-79H2,1-5H3/p+1/b11-9-,17-15-,23-21-,29-27-,35-33-,42-39-,49-47-,55-53-. The number of allylic oxidation sites excluding steroid dienone is 16. The number of phosphoric acid groups is 1. The normalized spacial score (nSPS) is 13.6. The zero-order valence-electron chi connectivity index (χ0n) is 61.0. The van der Waals surface area contributed by atoms with Crippen LogP contribution in [0.25, 0.3) is 0 Å². The predicted molar refractivity (Wildman–Crippen MR) is 399 cm³/mol. The van der Waals surface area contributed by atoms with E-state index in [9.17, 15) is 19.0 Å². The van der Waals surface area contributed by atoms with Gasteiger partial charge in [0.25, 0.3) is 0 Å². The summed E-state index contributed by atoms with van der Waals surface area (Å²) in [6, 6.07) is 0. The van der Waals surface area contributed by atoms with Crippen LogP contribution in [0.15, 0.2) is 97.2 Å². The van der Waals surface area contributed by atoms with E-state index in [-0.39, 0.29) is 32.0 Å². The molecular formula is C82H149NO8P+. The summed E-state index contributed by atoms with van der Waals surface area (Å²) in [5, 5.41) is 0. The third-order valence-electron chi connectivity index (χ3n) is 17.1. The van der Waals surface area contributed by atoms with Gasteiger partial charge in [-0.15, -0.1) is 0 Å². The molecule has 10 heteroatoms. The number of rotatable bonds is 72. The van der Waals surface area contributed by atoms with Crippen LogP contribution in [-0.4, -0.2) is 74.9 Å². The van der Waals surface area contributed by atoms with Crippen LogP contribution < -0.4 is 0 Å². The number of quaternary nitrogens is 1. The van der Waals surface area contributed by atoms with Crippen molar-refractivity contribution in [2.75, 3.05) is 47.5 Å². The first kappa shape index (κ1) is 88.9. The molecule has 0 bridgehead atoms. The summed E-state index contributed by atoms with van der Waals surface area (Å²) < 4.78 is 34.8. The van der Waals surface area contributed by atoms with Crippen molar-refractivity contribution in [2.24, 2.45) is 0 Å². The van der Waals surface area contributed by atoms with E-state index in [2.05, 4.69) is 111 Å². The fraction of sp³-hybridized carbons (Fsp3) is 0.780. The first-order chi connectivity index (χ1) is 45.0. The Kier molecular flexibility index (Phi) is 69.8. The predicted octanol–water partition coefficient (Wildman–Crippen LogP) is 25.8. The molecule has 0 aromatic rings. The maximum absolute atomic E-state index is 12.9. The molecule has 0 aliphatic rings. The largest absolute Gasteiger partial charge is 0.472 e. The van der Waals surface area contributed by atoms with Gasteiger partial charge in [-0.05, 0) is 77.0 Å². The van der Waals surface area contributed by atoms with E-state index in [4.69, 9.17) is 18.5 Å². The molecule has 0 rings (SSSR count). The van der Waals surface area contributed by atoms with E-state index in [0.29, 0.717) is 17.4 Å². The Bertz CT molecular complexity index is 1880. The number of hydrogen-bond donors (Lipinski definition) is 1. The molecule has 0 radical (unpaired) electrons. The van der Waals surface area contributed by atoms with Gasteiger partial charge >= 0.3 is 19.8 Å². The highest BCUT2D eigenvalue weighted by Gasteiger charge is 2.27. The molecule has 92 heavy (non-hydrogen) atoms. The zero-order valence-corrected chi connectivity index (χ0v) is 61.9. The minimum absolute atomic E-state index is 0.0273. The van der Waals surface area contributed by atoms with Crippen molar-refractivity contribution in [1.82, 2.24) is 0 Å². The lowest BCUT2D eigenvalue weighted by atomic mass is 10.0. The molecule has 0 heterocycles. The molecule has 0 amide bonds. The smallest absolute Gasteiger partial charge is 0.462 e. The van der Waals surface area contributed by atoms with E-state index < -0.39 is 26.5 Å². The van der Waals surface area contributed by atoms with Crippen molar-refractivity contribution in [3.05, 3.63) is 97.2 Å². The van der Waals surface area contributed by atoms with E-state index >= 15 is 0 Å². The molecule has 2 atom stereocenters. The minimum atomic E-state index is -4.40. The molecule has 9 nitrogen and oxygen atoms in total. The van der Waals surface area contributed by atoms with Crippen LogP contribution in [0.5, 0.6) is 0 Å². The SMILES string of the molecule is CC/C=C\C/C=C\C/C=C\C/C=C\C/C=C\C/C=C\C/C=C\C/C=C\CCCCCCCCCCC(=O)OC(COC(=O)CCCCCCCCCCCCCCCCCCCCCCCCCCCCCCCCCCCCC)COP(=O)(O)OCC[N+](C)(C)C. The van der Waals surface area contributed by atoms with E-state index in [1.807, 2.05) is 21.1 Å². The summed E-state index contributed by atoms with van der Waals surface area (Å²) in [4.78, 5) is 36.0. The first-order valence-electron chi connectivity index (χ1n) is 39.0. The van der Waals surface area contributed by atoms with Crippen molar-refractivity contribution < 1.29 is 42.1 Å². The van der Waals surface area contributed by atoms with Crippen molar-refractivity contribution in [2.45, 2.75) is 367 Å². The number of ether oxygens (including phenoxy) is 2. The Morgan fingerprint density at radius 3 is 0.924 bits per heavy atom. The van der Waals surface area contributed by atoms with Crippen molar-refractivity contribution in [3.63, 3.8) is 0 Å². The molecular weight excluding hydrogens is 1160 g/mol. The lowest BCUT2D eigenvalue weighted by Gasteiger charge is -2.24. The summed E-state index contributed by atoms with van der Waals surface area (Å²) >= 11 is 0. The van der Waals surface area contributed by atoms with Crippen molar-refractivity contribution >= 4 is 19.8 Å². The van der Waals surface area contributed by atoms with Crippen molar-refractivity contribution in [1.29, 1.82) is 0 Å². The molecule has 2 unspecified atom stereocenters. The van der Waals surface area contributed by atoms with Crippen LogP contribution >= 0.6 is 7.82 Å². The molecule has 0 aromatic carbocycles. The Labute approximate surface area is 570 Å². The highest BCUT2D eigenvalue weighted by molar-refractivity contribution is 7.47. The number of esters is 2. The number of unbranched alkanes of at least 4 members (excludes halogenated alkanes) is 42. The van der Waals surface area contributed by atoms with Gasteiger partial charge in [-0.25, -0.2) is 4.57 Å². The monoisotopic (exact) mass is 1310 g/mol. The number of hydrogen-bond acceptors (Lipinski definition) is 7. The number of phosphoric ester groups is 1. The van der Waals surface area contributed by atoms with Crippen LogP contribution in [0.3, 0.4) is 0 Å². The average Bonchev–Trinajstić information content (AvgIpc) is 2.23. The van der Waals surface area contributed by atoms with E-state index in [1.165, 1.54) is 231 Å². The molecule has 0 fully saturated rings. The summed E-state index contributed by atoms with van der Waals surface area (Å²) in [7, 11) is 1.47. The molecule has 0 aromatic heterocycles. The molecule has 0 aliphatic carbocycles. The molecule has 534 valence electrons. The van der Waals surface area contributed by atoms with E-state index in [0.717, 1.165) is 96.3 Å². The minimum Gasteiger partial charge on any atom is -0.462 e. The lowest BCUT2D eigenvalue weighted by Crippen LogP contribution is -2.37. The molecule has 1 N–H and O–H groups in total. The second kappa shape index (κ2) is 72.2. The highest BCUT2D eigenvalue weighted by Crippen LogP contribution is 2.43. The Morgan fingerprint density at radius 2 is 0.620 bits per heavy atom. The quantitative estimate of drug-likeness (QED) is 0.0211. The fourth-order valence-electron chi connectivity index (χ4n) is 11.2. The van der Waals surface area contributed by atoms with Gasteiger partial charge in [0.15, 0.2) is 6.10 Å². The number of likely N-dealkylation sites (N-methyl/N-ethyl adjacent to an activating group) is 1. The van der Waals surface area contributed by atoms with Gasteiger partial charge in [0.2, 0.25) is 0 Å². The average molecular weight is 1310 g/mol. The van der Waals surface area contributed by atoms with Crippen LogP contribution in [0.4, 0.5) is 0 Å². The molecule has 0 aliphatic heterocycles. The van der Waals surface area contributed by atoms with Crippen LogP contribution in [0.1, 0.15) is 361 Å².